The number of anilines is 2. The van der Waals surface area contributed by atoms with Gasteiger partial charge in [0.25, 0.3) is 0 Å². The van der Waals surface area contributed by atoms with Crippen molar-refractivity contribution in [1.29, 1.82) is 0 Å². The van der Waals surface area contributed by atoms with Gasteiger partial charge in [0.15, 0.2) is 11.5 Å². The zero-order valence-corrected chi connectivity index (χ0v) is 12.6. The van der Waals surface area contributed by atoms with Crippen LogP contribution in [-0.2, 0) is 0 Å². The summed E-state index contributed by atoms with van der Waals surface area (Å²) in [5.74, 6) is 1.52. The molecule has 0 amide bonds. The molecule has 2 aromatic carbocycles. The van der Waals surface area contributed by atoms with Crippen LogP contribution >= 0.6 is 0 Å². The largest absolute Gasteiger partial charge is 0.493 e. The highest BCUT2D eigenvalue weighted by molar-refractivity contribution is 5.55. The summed E-state index contributed by atoms with van der Waals surface area (Å²) in [6.45, 7) is 4.39. The number of nitrogen functional groups attached to an aromatic ring is 1. The topological polar surface area (TPSA) is 47.7 Å². The van der Waals surface area contributed by atoms with Gasteiger partial charge < -0.3 is 20.1 Å². The summed E-state index contributed by atoms with van der Waals surface area (Å²) in [5, 5.41) is 0. The Bertz CT molecular complexity index is 572. The van der Waals surface area contributed by atoms with Crippen LogP contribution in [0.15, 0.2) is 48.5 Å². The Hall–Kier alpha value is -2.36. The number of nitrogens with zero attached hydrogens (tertiary/aromatic N) is 1. The molecule has 21 heavy (non-hydrogen) atoms. The van der Waals surface area contributed by atoms with E-state index in [0.717, 1.165) is 36.0 Å². The molecule has 0 aromatic heterocycles. The minimum Gasteiger partial charge on any atom is -0.493 e. The molecule has 0 unspecified atom stereocenters. The van der Waals surface area contributed by atoms with Crippen LogP contribution in [-0.4, -0.2) is 26.8 Å². The Balaban J connectivity index is 1.95. The molecular formula is C17H22N2O2. The average Bonchev–Trinajstić information content (AvgIpc) is 2.52. The van der Waals surface area contributed by atoms with E-state index in [2.05, 4.69) is 17.9 Å². The minimum atomic E-state index is 0.586. The first-order valence-corrected chi connectivity index (χ1v) is 7.11. The van der Waals surface area contributed by atoms with Gasteiger partial charge in [-0.2, -0.15) is 0 Å². The molecule has 0 aliphatic rings. The van der Waals surface area contributed by atoms with Gasteiger partial charge in [0, 0.05) is 17.9 Å². The van der Waals surface area contributed by atoms with Crippen molar-refractivity contribution < 1.29 is 9.47 Å². The van der Waals surface area contributed by atoms with Crippen LogP contribution in [0.3, 0.4) is 0 Å². The van der Waals surface area contributed by atoms with Gasteiger partial charge in [-0.15, -0.1) is 0 Å². The molecule has 0 aliphatic heterocycles. The smallest absolute Gasteiger partial charge is 0.161 e. The van der Waals surface area contributed by atoms with E-state index in [-0.39, 0.29) is 0 Å². The Morgan fingerprint density at radius 3 is 2.48 bits per heavy atom. The standard InChI is InChI=1S/C17H22N2O2/c1-3-19(15-8-6-7-14(18)13-15)11-12-21-17-10-5-4-9-16(17)20-2/h4-10,13H,3,11-12,18H2,1-2H3. The zero-order chi connectivity index (χ0) is 15.1. The highest BCUT2D eigenvalue weighted by Gasteiger charge is 2.06. The highest BCUT2D eigenvalue weighted by atomic mass is 16.5. The van der Waals surface area contributed by atoms with Crippen LogP contribution in [0.2, 0.25) is 0 Å². The third-order valence-corrected chi connectivity index (χ3v) is 3.30. The molecule has 2 rings (SSSR count). The lowest BCUT2D eigenvalue weighted by molar-refractivity contribution is 0.300. The number of rotatable bonds is 7. The van der Waals surface area contributed by atoms with Crippen LogP contribution in [0.1, 0.15) is 6.92 Å². The van der Waals surface area contributed by atoms with Crippen LogP contribution in [0.5, 0.6) is 11.5 Å². The maximum atomic E-state index is 5.83. The van der Waals surface area contributed by atoms with E-state index in [1.54, 1.807) is 7.11 Å². The zero-order valence-electron chi connectivity index (χ0n) is 12.6. The Labute approximate surface area is 126 Å². The number of methoxy groups -OCH3 is 1. The third-order valence-electron chi connectivity index (χ3n) is 3.30. The second-order valence-electron chi connectivity index (χ2n) is 4.67. The van der Waals surface area contributed by atoms with Gasteiger partial charge in [-0.05, 0) is 37.3 Å². The van der Waals surface area contributed by atoms with Gasteiger partial charge in [-0.3, -0.25) is 0 Å². The fourth-order valence-electron chi connectivity index (χ4n) is 2.20. The molecule has 4 heteroatoms. The number of nitrogens with two attached hydrogens (primary N) is 1. The third kappa shape index (κ3) is 4.05. The SMILES string of the molecule is CCN(CCOc1ccccc1OC)c1cccc(N)c1. The molecule has 4 nitrogen and oxygen atoms in total. The summed E-state index contributed by atoms with van der Waals surface area (Å²) in [7, 11) is 1.65. The van der Waals surface area contributed by atoms with Gasteiger partial charge >= 0.3 is 0 Å². The van der Waals surface area contributed by atoms with Gasteiger partial charge in [0.05, 0.1) is 13.7 Å². The molecule has 0 aliphatic carbocycles. The summed E-state index contributed by atoms with van der Waals surface area (Å²) in [6, 6.07) is 15.6. The van der Waals surface area contributed by atoms with E-state index in [9.17, 15) is 0 Å². The normalized spacial score (nSPS) is 10.2. The highest BCUT2D eigenvalue weighted by Crippen LogP contribution is 2.25. The van der Waals surface area contributed by atoms with Gasteiger partial charge in [-0.25, -0.2) is 0 Å². The Morgan fingerprint density at radius 2 is 1.81 bits per heavy atom. The monoisotopic (exact) mass is 286 g/mol. The first kappa shape index (κ1) is 15.0. The number of hydrogen-bond acceptors (Lipinski definition) is 4. The minimum absolute atomic E-state index is 0.586. The molecule has 2 N–H and O–H groups in total. The molecule has 0 spiro atoms. The molecular weight excluding hydrogens is 264 g/mol. The lowest BCUT2D eigenvalue weighted by Crippen LogP contribution is -2.28. The van der Waals surface area contributed by atoms with Crippen molar-refractivity contribution in [3.05, 3.63) is 48.5 Å². The maximum Gasteiger partial charge on any atom is 0.161 e. The van der Waals surface area contributed by atoms with Crippen molar-refractivity contribution in [3.8, 4) is 11.5 Å². The van der Waals surface area contributed by atoms with E-state index in [0.29, 0.717) is 6.61 Å². The van der Waals surface area contributed by atoms with Crippen LogP contribution in [0, 0.1) is 0 Å². The maximum absolute atomic E-state index is 5.83. The van der Waals surface area contributed by atoms with Crippen molar-refractivity contribution in [3.63, 3.8) is 0 Å². The molecule has 112 valence electrons. The molecule has 0 radical (unpaired) electrons. The predicted molar refractivity (Wildman–Crippen MR) is 87.2 cm³/mol. The van der Waals surface area contributed by atoms with E-state index in [1.165, 1.54) is 0 Å². The van der Waals surface area contributed by atoms with Gasteiger partial charge in [-0.1, -0.05) is 18.2 Å². The summed E-state index contributed by atoms with van der Waals surface area (Å²) >= 11 is 0. The number of ether oxygens (including phenoxy) is 2. The lowest BCUT2D eigenvalue weighted by atomic mass is 10.2. The first-order valence-electron chi connectivity index (χ1n) is 7.11. The number of para-hydroxylation sites is 2. The summed E-state index contributed by atoms with van der Waals surface area (Å²) < 4.78 is 11.1. The van der Waals surface area contributed by atoms with Gasteiger partial charge in [0.2, 0.25) is 0 Å². The summed E-state index contributed by atoms with van der Waals surface area (Å²) in [5.41, 5.74) is 7.72. The first-order chi connectivity index (χ1) is 10.2. The quantitative estimate of drug-likeness (QED) is 0.794. The lowest BCUT2D eigenvalue weighted by Gasteiger charge is -2.23. The fraction of sp³-hybridized carbons (Fsp3) is 0.294. The van der Waals surface area contributed by atoms with E-state index in [1.807, 2.05) is 42.5 Å². The van der Waals surface area contributed by atoms with E-state index in [4.69, 9.17) is 15.2 Å². The number of hydrogen-bond donors (Lipinski definition) is 1. The fourth-order valence-corrected chi connectivity index (χ4v) is 2.20. The van der Waals surface area contributed by atoms with Crippen molar-refractivity contribution in [2.45, 2.75) is 6.92 Å². The molecule has 0 atom stereocenters. The van der Waals surface area contributed by atoms with Crippen molar-refractivity contribution in [2.24, 2.45) is 0 Å². The van der Waals surface area contributed by atoms with Crippen molar-refractivity contribution in [2.75, 3.05) is 37.4 Å². The molecule has 0 heterocycles. The second-order valence-corrected chi connectivity index (χ2v) is 4.67. The summed E-state index contributed by atoms with van der Waals surface area (Å²) in [4.78, 5) is 2.23. The molecule has 2 aromatic rings. The number of likely N-dealkylation sites (N-methyl/N-ethyl adjacent to an activating group) is 1. The Kier molecular flexibility index (Phi) is 5.32. The molecule has 0 bridgehead atoms. The molecule has 0 saturated carbocycles. The average molecular weight is 286 g/mol. The number of benzene rings is 2. The van der Waals surface area contributed by atoms with Crippen LogP contribution in [0.4, 0.5) is 11.4 Å². The summed E-state index contributed by atoms with van der Waals surface area (Å²) in [6.07, 6.45) is 0. The van der Waals surface area contributed by atoms with Crippen molar-refractivity contribution >= 4 is 11.4 Å². The Morgan fingerprint density at radius 1 is 1.05 bits per heavy atom. The van der Waals surface area contributed by atoms with Gasteiger partial charge in [0.1, 0.15) is 6.61 Å². The van der Waals surface area contributed by atoms with Crippen LogP contribution in [0.25, 0.3) is 0 Å². The van der Waals surface area contributed by atoms with E-state index >= 15 is 0 Å². The van der Waals surface area contributed by atoms with E-state index < -0.39 is 0 Å². The molecule has 0 fully saturated rings. The van der Waals surface area contributed by atoms with Crippen LogP contribution < -0.4 is 20.1 Å². The predicted octanol–water partition coefficient (Wildman–Crippen LogP) is 3.18. The van der Waals surface area contributed by atoms with Crippen molar-refractivity contribution in [1.82, 2.24) is 0 Å². The molecule has 0 saturated heterocycles. The second kappa shape index (κ2) is 7.43.